The second-order valence-corrected chi connectivity index (χ2v) is 8.40. The van der Waals surface area contributed by atoms with E-state index >= 15 is 0 Å². The number of nitrogens with two attached hydrogens (primary N) is 1. The Morgan fingerprint density at radius 1 is 1.17 bits per heavy atom. The molecule has 4 heterocycles. The van der Waals surface area contributed by atoms with Crippen LogP contribution in [0.2, 0.25) is 0 Å². The Labute approximate surface area is 175 Å². The second-order valence-electron chi connectivity index (χ2n) is 8.40. The van der Waals surface area contributed by atoms with Crippen LogP contribution in [0.1, 0.15) is 33.6 Å². The minimum absolute atomic E-state index is 0.0609. The number of amides is 1. The van der Waals surface area contributed by atoms with Crippen molar-refractivity contribution in [1.82, 2.24) is 24.9 Å². The van der Waals surface area contributed by atoms with Crippen molar-refractivity contribution in [2.24, 2.45) is 0 Å². The van der Waals surface area contributed by atoms with Crippen molar-refractivity contribution in [2.75, 3.05) is 23.8 Å². The SMILES string of the molecule is CC(C)(C)OC(=O)NC1CCN(n2c(-c3cccnc3N)nc3cccnc32)CC1. The number of carbonyl (C=O) groups is 1. The molecule has 1 saturated heterocycles. The van der Waals surface area contributed by atoms with Gasteiger partial charge in [-0.2, -0.15) is 0 Å². The molecule has 4 rings (SSSR count). The number of pyridine rings is 2. The van der Waals surface area contributed by atoms with Gasteiger partial charge in [0.15, 0.2) is 11.5 Å². The summed E-state index contributed by atoms with van der Waals surface area (Å²) in [5.41, 5.74) is 7.96. The van der Waals surface area contributed by atoms with E-state index < -0.39 is 5.60 Å². The third-order valence-corrected chi connectivity index (χ3v) is 4.95. The van der Waals surface area contributed by atoms with Crippen LogP contribution < -0.4 is 16.1 Å². The molecule has 9 heteroatoms. The van der Waals surface area contributed by atoms with E-state index in [1.807, 2.05) is 49.7 Å². The van der Waals surface area contributed by atoms with Crippen molar-refractivity contribution >= 4 is 23.1 Å². The van der Waals surface area contributed by atoms with Crippen LogP contribution in [-0.2, 0) is 4.74 Å². The Bertz CT molecular complexity index is 1050. The van der Waals surface area contributed by atoms with Crippen LogP contribution in [0, 0.1) is 0 Å². The lowest BCUT2D eigenvalue weighted by atomic mass is 10.1. The number of fused-ring (bicyclic) bond motifs is 1. The summed E-state index contributed by atoms with van der Waals surface area (Å²) < 4.78 is 7.40. The second kappa shape index (κ2) is 7.81. The highest BCUT2D eigenvalue weighted by Gasteiger charge is 2.27. The van der Waals surface area contributed by atoms with E-state index in [9.17, 15) is 4.79 Å². The maximum absolute atomic E-state index is 12.1. The Hall–Kier alpha value is -3.36. The quantitative estimate of drug-likeness (QED) is 0.684. The van der Waals surface area contributed by atoms with Crippen LogP contribution in [0.5, 0.6) is 0 Å². The number of piperidine rings is 1. The van der Waals surface area contributed by atoms with Crippen molar-refractivity contribution < 1.29 is 9.53 Å². The number of rotatable bonds is 3. The molecule has 0 spiro atoms. The highest BCUT2D eigenvalue weighted by atomic mass is 16.6. The summed E-state index contributed by atoms with van der Waals surface area (Å²) in [6.07, 6.45) is 4.62. The first-order valence-electron chi connectivity index (χ1n) is 10.1. The Morgan fingerprint density at radius 2 is 1.87 bits per heavy atom. The van der Waals surface area contributed by atoms with Crippen molar-refractivity contribution in [3.63, 3.8) is 0 Å². The van der Waals surface area contributed by atoms with Gasteiger partial charge in [-0.25, -0.2) is 24.4 Å². The van der Waals surface area contributed by atoms with Crippen LogP contribution in [0.15, 0.2) is 36.7 Å². The van der Waals surface area contributed by atoms with E-state index in [1.54, 1.807) is 12.4 Å². The molecular formula is C21H27N7O2. The van der Waals surface area contributed by atoms with Crippen LogP contribution in [-0.4, -0.2) is 50.5 Å². The number of imidazole rings is 1. The monoisotopic (exact) mass is 409 g/mol. The first-order valence-corrected chi connectivity index (χ1v) is 10.1. The third-order valence-electron chi connectivity index (χ3n) is 4.95. The van der Waals surface area contributed by atoms with Crippen molar-refractivity contribution in [1.29, 1.82) is 0 Å². The fourth-order valence-corrected chi connectivity index (χ4v) is 3.63. The van der Waals surface area contributed by atoms with Crippen LogP contribution in [0.3, 0.4) is 0 Å². The molecule has 1 aliphatic rings. The topological polar surface area (TPSA) is 111 Å². The number of anilines is 1. The van der Waals surface area contributed by atoms with Crippen molar-refractivity contribution in [2.45, 2.75) is 45.3 Å². The molecule has 1 fully saturated rings. The van der Waals surface area contributed by atoms with E-state index in [0.717, 1.165) is 42.7 Å². The molecule has 0 radical (unpaired) electrons. The summed E-state index contributed by atoms with van der Waals surface area (Å²) in [4.78, 5) is 25.6. The molecule has 0 unspecified atom stereocenters. The number of carbonyl (C=O) groups excluding carboxylic acids is 1. The summed E-state index contributed by atoms with van der Waals surface area (Å²) in [6.45, 7) is 7.04. The average molecular weight is 409 g/mol. The molecule has 0 bridgehead atoms. The van der Waals surface area contributed by atoms with Crippen molar-refractivity contribution in [3.05, 3.63) is 36.7 Å². The zero-order chi connectivity index (χ0) is 21.3. The first-order chi connectivity index (χ1) is 14.3. The number of nitrogens with one attached hydrogen (secondary N) is 1. The van der Waals surface area contributed by atoms with Gasteiger partial charge < -0.3 is 20.8 Å². The predicted molar refractivity (Wildman–Crippen MR) is 116 cm³/mol. The Kier molecular flexibility index (Phi) is 5.19. The molecule has 0 atom stereocenters. The summed E-state index contributed by atoms with van der Waals surface area (Å²) in [7, 11) is 0. The van der Waals surface area contributed by atoms with Gasteiger partial charge in [0.1, 0.15) is 16.9 Å². The van der Waals surface area contributed by atoms with E-state index in [1.165, 1.54) is 0 Å². The van der Waals surface area contributed by atoms with Gasteiger partial charge in [-0.05, 0) is 57.9 Å². The standard InChI is InChI=1S/C21H27N7O2/c1-21(2,3)30-20(29)25-14-8-12-27(13-9-14)28-18(15-6-4-10-23-17(15)22)26-16-7-5-11-24-19(16)28/h4-7,10-11,14H,8-9,12-13H2,1-3H3,(H2,22,23)(H,25,29). The lowest BCUT2D eigenvalue weighted by Crippen LogP contribution is -2.49. The molecule has 3 aromatic heterocycles. The van der Waals surface area contributed by atoms with Gasteiger partial charge in [-0.1, -0.05) is 0 Å². The molecule has 158 valence electrons. The fraction of sp³-hybridized carbons (Fsp3) is 0.429. The van der Waals surface area contributed by atoms with Crippen LogP contribution in [0.25, 0.3) is 22.6 Å². The highest BCUT2D eigenvalue weighted by Crippen LogP contribution is 2.28. The highest BCUT2D eigenvalue weighted by molar-refractivity contribution is 5.80. The smallest absolute Gasteiger partial charge is 0.407 e. The minimum atomic E-state index is -0.509. The normalized spacial score (nSPS) is 15.4. The van der Waals surface area contributed by atoms with Crippen LogP contribution >= 0.6 is 0 Å². The molecule has 1 aliphatic heterocycles. The van der Waals surface area contributed by atoms with E-state index in [2.05, 4.69) is 20.3 Å². The van der Waals surface area contributed by atoms with Gasteiger partial charge in [-0.15, -0.1) is 0 Å². The number of ether oxygens (including phenoxy) is 1. The minimum Gasteiger partial charge on any atom is -0.444 e. The molecule has 9 nitrogen and oxygen atoms in total. The number of hydrogen-bond acceptors (Lipinski definition) is 7. The van der Waals surface area contributed by atoms with Gasteiger partial charge in [-0.3, -0.25) is 0 Å². The largest absolute Gasteiger partial charge is 0.444 e. The zero-order valence-corrected chi connectivity index (χ0v) is 17.5. The summed E-state index contributed by atoms with van der Waals surface area (Å²) >= 11 is 0. The molecule has 0 saturated carbocycles. The molecule has 3 aromatic rings. The van der Waals surface area contributed by atoms with Crippen molar-refractivity contribution in [3.8, 4) is 11.4 Å². The Morgan fingerprint density at radius 3 is 2.57 bits per heavy atom. The number of nitrogens with zero attached hydrogens (tertiary/aromatic N) is 5. The molecule has 1 amide bonds. The summed E-state index contributed by atoms with van der Waals surface area (Å²) in [5.74, 6) is 1.14. The van der Waals surface area contributed by atoms with E-state index in [-0.39, 0.29) is 12.1 Å². The lowest BCUT2D eigenvalue weighted by Gasteiger charge is -2.35. The summed E-state index contributed by atoms with van der Waals surface area (Å²) in [5, 5.41) is 5.17. The van der Waals surface area contributed by atoms with Gasteiger partial charge in [0.2, 0.25) is 0 Å². The lowest BCUT2D eigenvalue weighted by molar-refractivity contribution is 0.0496. The fourth-order valence-electron chi connectivity index (χ4n) is 3.63. The average Bonchev–Trinajstić information content (AvgIpc) is 3.07. The molecule has 0 aromatic carbocycles. The predicted octanol–water partition coefficient (Wildman–Crippen LogP) is 2.70. The first kappa shape index (κ1) is 19.9. The number of aromatic nitrogens is 4. The zero-order valence-electron chi connectivity index (χ0n) is 17.5. The number of hydrogen-bond donors (Lipinski definition) is 2. The Balaban J connectivity index is 1.57. The van der Waals surface area contributed by atoms with Crippen LogP contribution in [0.4, 0.5) is 10.6 Å². The van der Waals surface area contributed by atoms with Gasteiger partial charge in [0.05, 0.1) is 5.56 Å². The summed E-state index contributed by atoms with van der Waals surface area (Å²) in [6, 6.07) is 7.63. The molecule has 3 N–H and O–H groups in total. The van der Waals surface area contributed by atoms with Gasteiger partial charge in [0, 0.05) is 31.5 Å². The number of nitrogen functional groups attached to an aromatic ring is 1. The molecular weight excluding hydrogens is 382 g/mol. The third kappa shape index (κ3) is 4.14. The maximum atomic E-state index is 12.1. The number of alkyl carbamates (subject to hydrolysis) is 1. The van der Waals surface area contributed by atoms with E-state index in [0.29, 0.717) is 11.6 Å². The van der Waals surface area contributed by atoms with Gasteiger partial charge >= 0.3 is 6.09 Å². The maximum Gasteiger partial charge on any atom is 0.407 e. The molecule has 0 aliphatic carbocycles. The van der Waals surface area contributed by atoms with E-state index in [4.69, 9.17) is 15.5 Å². The molecule has 30 heavy (non-hydrogen) atoms. The van der Waals surface area contributed by atoms with Gasteiger partial charge in [0.25, 0.3) is 0 Å².